The van der Waals surface area contributed by atoms with E-state index in [1.807, 2.05) is 0 Å². The van der Waals surface area contributed by atoms with Gasteiger partial charge in [0, 0.05) is 48.5 Å². The van der Waals surface area contributed by atoms with Crippen LogP contribution in [0.25, 0.3) is 0 Å². The van der Waals surface area contributed by atoms with E-state index in [9.17, 15) is 0 Å². The topological polar surface area (TPSA) is 24.5 Å². The van der Waals surface area contributed by atoms with Crippen molar-refractivity contribution < 1.29 is 4.74 Å². The fraction of sp³-hybridized carbons (Fsp3) is 0.429. The normalized spacial score (nSPS) is 34.6. The Morgan fingerprint density at radius 3 is 3.00 bits per heavy atom. The molecule has 3 nitrogen and oxygen atoms in total. The number of hydrogen-bond acceptors (Lipinski definition) is 4. The van der Waals surface area contributed by atoms with E-state index in [1.54, 1.807) is 0 Å². The zero-order valence-electron chi connectivity index (χ0n) is 14.3. The Hall–Kier alpha value is -1.49. The zero-order valence-corrected chi connectivity index (χ0v) is 15.1. The molecule has 0 spiro atoms. The van der Waals surface area contributed by atoms with Crippen LogP contribution in [0.3, 0.4) is 0 Å². The Kier molecular flexibility index (Phi) is 4.20. The summed E-state index contributed by atoms with van der Waals surface area (Å²) in [5, 5.41) is 3.66. The summed E-state index contributed by atoms with van der Waals surface area (Å²) in [6.45, 7) is 2.13. The zero-order chi connectivity index (χ0) is 16.6. The minimum Gasteiger partial charge on any atom is -0.479 e. The van der Waals surface area contributed by atoms with Crippen molar-refractivity contribution in [3.8, 4) is 0 Å². The number of nitrogens with one attached hydrogen (secondary N) is 1. The number of hydrogen-bond donors (Lipinski definition) is 1. The molecule has 0 bridgehead atoms. The first-order valence-corrected chi connectivity index (χ1v) is 10.4. The minimum atomic E-state index is 0.207. The van der Waals surface area contributed by atoms with E-state index in [1.165, 1.54) is 22.6 Å². The highest BCUT2D eigenvalue weighted by Crippen LogP contribution is 2.42. The van der Waals surface area contributed by atoms with E-state index in [0.717, 1.165) is 25.3 Å². The predicted octanol–water partition coefficient (Wildman–Crippen LogP) is 3.49. The summed E-state index contributed by atoms with van der Waals surface area (Å²) in [5.41, 5.74) is 2.76. The van der Waals surface area contributed by atoms with Gasteiger partial charge in [-0.3, -0.25) is 4.90 Å². The number of fused-ring (bicyclic) bond motifs is 2. The summed E-state index contributed by atoms with van der Waals surface area (Å²) in [6.07, 6.45) is 10.0. The van der Waals surface area contributed by atoms with Crippen molar-refractivity contribution in [3.63, 3.8) is 0 Å². The molecule has 2 saturated heterocycles. The standard InChI is InChI=1S/C21H24N2OS/c1-2-6-15(7-3-1)19-14-25-11-10-23(19)20-12-16-13-22-18-9-5-4-8-17(18)21(16)24-20/h1-9,16,18-20,22H,10-14H2. The van der Waals surface area contributed by atoms with Crippen LogP contribution in [0.5, 0.6) is 0 Å². The summed E-state index contributed by atoms with van der Waals surface area (Å²) in [7, 11) is 0. The van der Waals surface area contributed by atoms with Gasteiger partial charge in [0.25, 0.3) is 0 Å². The fourth-order valence-corrected chi connectivity index (χ4v) is 5.59. The smallest absolute Gasteiger partial charge is 0.153 e. The highest BCUT2D eigenvalue weighted by atomic mass is 32.2. The maximum atomic E-state index is 6.60. The van der Waals surface area contributed by atoms with Crippen molar-refractivity contribution in [2.45, 2.75) is 24.7 Å². The average Bonchev–Trinajstić information content (AvgIpc) is 3.13. The Bertz CT molecular complexity index is 727. The number of benzene rings is 1. The van der Waals surface area contributed by atoms with E-state index in [0.29, 0.717) is 18.0 Å². The van der Waals surface area contributed by atoms with Crippen LogP contribution in [0.15, 0.2) is 66.0 Å². The van der Waals surface area contributed by atoms with Crippen LogP contribution in [0, 0.1) is 5.92 Å². The van der Waals surface area contributed by atoms with E-state index in [-0.39, 0.29) is 6.23 Å². The molecule has 5 rings (SSSR count). The van der Waals surface area contributed by atoms with E-state index < -0.39 is 0 Å². The van der Waals surface area contributed by atoms with Gasteiger partial charge >= 0.3 is 0 Å². The molecular weight excluding hydrogens is 328 g/mol. The van der Waals surface area contributed by atoms with Gasteiger partial charge < -0.3 is 10.1 Å². The number of nitrogens with zero attached hydrogens (tertiary/aromatic N) is 1. The van der Waals surface area contributed by atoms with Crippen molar-refractivity contribution in [1.29, 1.82) is 0 Å². The maximum Gasteiger partial charge on any atom is 0.153 e. The molecule has 0 amide bonds. The second-order valence-electron chi connectivity index (χ2n) is 7.19. The summed E-state index contributed by atoms with van der Waals surface area (Å²) in [4.78, 5) is 2.61. The molecule has 1 aromatic carbocycles. The molecule has 25 heavy (non-hydrogen) atoms. The van der Waals surface area contributed by atoms with Crippen molar-refractivity contribution in [1.82, 2.24) is 10.2 Å². The molecule has 4 unspecified atom stereocenters. The molecule has 130 valence electrons. The van der Waals surface area contributed by atoms with Crippen LogP contribution in [0.2, 0.25) is 0 Å². The SMILES string of the molecule is C1=CC2=C3OC(N4CCSCC4c4ccccc4)CC3CNC2C=C1. The molecule has 2 fully saturated rings. The van der Waals surface area contributed by atoms with E-state index in [4.69, 9.17) is 4.74 Å². The van der Waals surface area contributed by atoms with E-state index in [2.05, 4.69) is 76.6 Å². The van der Waals surface area contributed by atoms with Gasteiger partial charge in [0.2, 0.25) is 0 Å². The number of allylic oxidation sites excluding steroid dienone is 2. The molecule has 3 aliphatic heterocycles. The molecule has 0 saturated carbocycles. The van der Waals surface area contributed by atoms with Crippen molar-refractivity contribution in [2.24, 2.45) is 5.92 Å². The second kappa shape index (κ2) is 6.67. The monoisotopic (exact) mass is 352 g/mol. The summed E-state index contributed by atoms with van der Waals surface area (Å²) in [6, 6.07) is 11.7. The minimum absolute atomic E-state index is 0.207. The molecule has 1 aromatic rings. The van der Waals surface area contributed by atoms with Gasteiger partial charge in [-0.05, 0) is 5.56 Å². The lowest BCUT2D eigenvalue weighted by atomic mass is 9.90. The highest BCUT2D eigenvalue weighted by Gasteiger charge is 2.42. The van der Waals surface area contributed by atoms with Crippen molar-refractivity contribution in [3.05, 3.63) is 71.5 Å². The van der Waals surface area contributed by atoms with Gasteiger partial charge in [0.15, 0.2) is 6.23 Å². The van der Waals surface area contributed by atoms with Gasteiger partial charge in [-0.25, -0.2) is 0 Å². The molecule has 1 aliphatic carbocycles. The molecule has 1 N–H and O–H groups in total. The van der Waals surface area contributed by atoms with Gasteiger partial charge in [-0.15, -0.1) is 0 Å². The van der Waals surface area contributed by atoms with Crippen LogP contribution >= 0.6 is 11.8 Å². The van der Waals surface area contributed by atoms with Crippen molar-refractivity contribution in [2.75, 3.05) is 24.6 Å². The number of ether oxygens (including phenoxy) is 1. The first kappa shape index (κ1) is 15.7. The summed E-state index contributed by atoms with van der Waals surface area (Å²) in [5.74, 6) is 4.10. The Labute approximate surface area is 153 Å². The Morgan fingerprint density at radius 2 is 2.08 bits per heavy atom. The first-order chi connectivity index (χ1) is 12.4. The van der Waals surface area contributed by atoms with Crippen LogP contribution in [-0.2, 0) is 4.74 Å². The number of thioether (sulfide) groups is 1. The highest BCUT2D eigenvalue weighted by molar-refractivity contribution is 7.99. The summed E-state index contributed by atoms with van der Waals surface area (Å²) < 4.78 is 6.60. The Morgan fingerprint density at radius 1 is 1.16 bits per heavy atom. The summed E-state index contributed by atoms with van der Waals surface area (Å²) >= 11 is 2.06. The first-order valence-electron chi connectivity index (χ1n) is 9.27. The molecule has 4 atom stereocenters. The van der Waals surface area contributed by atoms with Crippen LogP contribution in [0.1, 0.15) is 18.0 Å². The van der Waals surface area contributed by atoms with Gasteiger partial charge in [-0.2, -0.15) is 11.8 Å². The second-order valence-corrected chi connectivity index (χ2v) is 8.34. The third kappa shape index (κ3) is 2.86. The largest absolute Gasteiger partial charge is 0.479 e. The average molecular weight is 353 g/mol. The molecule has 3 heterocycles. The van der Waals surface area contributed by atoms with Gasteiger partial charge in [-0.1, -0.05) is 54.6 Å². The van der Waals surface area contributed by atoms with Crippen molar-refractivity contribution >= 4 is 11.8 Å². The third-order valence-electron chi connectivity index (χ3n) is 5.74. The molecule has 0 radical (unpaired) electrons. The van der Waals surface area contributed by atoms with Gasteiger partial charge in [0.1, 0.15) is 5.76 Å². The maximum absolute atomic E-state index is 6.60. The molecule has 4 aliphatic rings. The van der Waals surface area contributed by atoms with Crippen LogP contribution in [-0.4, -0.2) is 41.8 Å². The molecular formula is C21H24N2OS. The van der Waals surface area contributed by atoms with Crippen LogP contribution in [0.4, 0.5) is 0 Å². The molecule has 4 heteroatoms. The fourth-order valence-electron chi connectivity index (χ4n) is 4.47. The lowest BCUT2D eigenvalue weighted by Crippen LogP contribution is -2.43. The van der Waals surface area contributed by atoms with E-state index >= 15 is 0 Å². The Balaban J connectivity index is 1.42. The number of rotatable bonds is 2. The lowest BCUT2D eigenvalue weighted by Gasteiger charge is -2.39. The van der Waals surface area contributed by atoms with Crippen LogP contribution < -0.4 is 5.32 Å². The molecule has 0 aromatic heterocycles. The lowest BCUT2D eigenvalue weighted by molar-refractivity contribution is -0.0165. The predicted molar refractivity (Wildman–Crippen MR) is 103 cm³/mol. The van der Waals surface area contributed by atoms with Gasteiger partial charge in [0.05, 0.1) is 6.04 Å². The third-order valence-corrected chi connectivity index (χ3v) is 6.76. The quantitative estimate of drug-likeness (QED) is 0.881.